The molecule has 2 atom stereocenters. The van der Waals surface area contributed by atoms with E-state index < -0.39 is 18.0 Å². The van der Waals surface area contributed by atoms with Crippen LogP contribution in [0.1, 0.15) is 53.3 Å². The van der Waals surface area contributed by atoms with Crippen LogP contribution in [0.2, 0.25) is 0 Å². The molecule has 5 rings (SSSR count). The highest BCUT2D eigenvalue weighted by Gasteiger charge is 2.32. The van der Waals surface area contributed by atoms with Crippen LogP contribution in [0.5, 0.6) is 0 Å². The van der Waals surface area contributed by atoms with Crippen molar-refractivity contribution in [1.82, 2.24) is 25.5 Å². The van der Waals surface area contributed by atoms with E-state index in [4.69, 9.17) is 4.74 Å². The minimum Gasteiger partial charge on any atom is -0.445 e. The maximum absolute atomic E-state index is 14.2. The zero-order valence-corrected chi connectivity index (χ0v) is 24.9. The third kappa shape index (κ3) is 8.56. The van der Waals surface area contributed by atoms with E-state index in [2.05, 4.69) is 20.6 Å². The number of benzene rings is 3. The average Bonchev–Trinajstić information content (AvgIpc) is 3.53. The lowest BCUT2D eigenvalue weighted by Gasteiger charge is -2.35. The van der Waals surface area contributed by atoms with Crippen molar-refractivity contribution in [2.75, 3.05) is 6.54 Å². The third-order valence-electron chi connectivity index (χ3n) is 8.02. The van der Waals surface area contributed by atoms with E-state index in [0.717, 1.165) is 41.5 Å². The van der Waals surface area contributed by atoms with Gasteiger partial charge in [-0.1, -0.05) is 96.9 Å². The summed E-state index contributed by atoms with van der Waals surface area (Å²) in [7, 11) is 0. The second-order valence-electron chi connectivity index (χ2n) is 11.4. The highest BCUT2D eigenvalue weighted by molar-refractivity contribution is 5.90. The molecule has 9 heteroatoms. The highest BCUT2D eigenvalue weighted by Crippen LogP contribution is 2.37. The third-order valence-corrected chi connectivity index (χ3v) is 8.02. The number of carbonyl (C=O) groups is 3. The van der Waals surface area contributed by atoms with E-state index in [1.54, 1.807) is 6.20 Å². The number of carbonyl (C=O) groups excluding carboxylic acids is 3. The number of amides is 3. The Labute approximate surface area is 258 Å². The van der Waals surface area contributed by atoms with E-state index in [1.165, 1.54) is 11.2 Å². The molecule has 4 aromatic rings. The number of nitrogens with zero attached hydrogens (tertiary/aromatic N) is 2. The molecule has 9 nitrogen and oxygen atoms in total. The number of aromatic nitrogens is 2. The Bertz CT molecular complexity index is 1490. The molecule has 3 N–H and O–H groups in total. The summed E-state index contributed by atoms with van der Waals surface area (Å²) in [5, 5.41) is 5.96. The van der Waals surface area contributed by atoms with Gasteiger partial charge in [-0.25, -0.2) is 9.78 Å². The molecule has 3 amide bonds. The predicted octanol–water partition coefficient (Wildman–Crippen LogP) is 5.24. The number of hydrogen-bond acceptors (Lipinski definition) is 5. The lowest BCUT2D eigenvalue weighted by Crippen LogP contribution is -2.52. The van der Waals surface area contributed by atoms with E-state index in [-0.39, 0.29) is 38.1 Å². The molecular weight excluding hydrogens is 554 g/mol. The van der Waals surface area contributed by atoms with Crippen molar-refractivity contribution in [2.24, 2.45) is 5.92 Å². The second-order valence-corrected chi connectivity index (χ2v) is 11.4. The van der Waals surface area contributed by atoms with E-state index >= 15 is 0 Å². The molecule has 1 heterocycles. The Balaban J connectivity index is 1.34. The number of H-pyrrole nitrogens is 1. The summed E-state index contributed by atoms with van der Waals surface area (Å²) in [5.41, 5.74) is 4.52. The van der Waals surface area contributed by atoms with Crippen molar-refractivity contribution < 1.29 is 19.1 Å². The Morgan fingerprint density at radius 2 is 1.64 bits per heavy atom. The van der Waals surface area contributed by atoms with Crippen LogP contribution in [-0.4, -0.2) is 45.4 Å². The average molecular weight is 594 g/mol. The fourth-order valence-electron chi connectivity index (χ4n) is 5.37. The zero-order chi connectivity index (χ0) is 30.7. The van der Waals surface area contributed by atoms with Crippen LogP contribution in [0.4, 0.5) is 4.79 Å². The van der Waals surface area contributed by atoms with E-state index in [0.29, 0.717) is 11.6 Å². The predicted molar refractivity (Wildman–Crippen MR) is 167 cm³/mol. The maximum atomic E-state index is 14.2. The van der Waals surface area contributed by atoms with Crippen LogP contribution >= 0.6 is 0 Å². The fraction of sp³-hybridized carbons (Fsp3) is 0.314. The fourth-order valence-corrected chi connectivity index (χ4v) is 5.37. The van der Waals surface area contributed by atoms with Crippen molar-refractivity contribution in [2.45, 2.75) is 57.8 Å². The number of alkyl carbamates (subject to hydrolysis) is 1. The van der Waals surface area contributed by atoms with E-state index in [1.807, 2.05) is 91.9 Å². The number of imidazole rings is 1. The first-order chi connectivity index (χ1) is 21.4. The number of aromatic amines is 1. The molecule has 1 aliphatic carbocycles. The van der Waals surface area contributed by atoms with E-state index in [9.17, 15) is 14.4 Å². The highest BCUT2D eigenvalue weighted by atomic mass is 16.5. The molecular formula is C35H39N5O4. The van der Waals surface area contributed by atoms with Gasteiger partial charge in [0.25, 0.3) is 0 Å². The van der Waals surface area contributed by atoms with Crippen molar-refractivity contribution in [1.29, 1.82) is 0 Å². The van der Waals surface area contributed by atoms with Gasteiger partial charge < -0.3 is 25.3 Å². The molecule has 0 radical (unpaired) electrons. The molecule has 1 aliphatic rings. The summed E-state index contributed by atoms with van der Waals surface area (Å²) >= 11 is 0. The number of rotatable bonds is 13. The molecule has 44 heavy (non-hydrogen) atoms. The molecule has 0 spiro atoms. The molecule has 1 saturated carbocycles. The SMILES string of the molecule is Cc1ccc(CN(CC(=O)N[C@H](c2ccccc2)C2CCC2)C(=O)[C@H](Cc2cnc[nH]2)NC(=O)OCc2ccccc2)cc1. The Morgan fingerprint density at radius 1 is 0.932 bits per heavy atom. The minimum absolute atomic E-state index is 0.0647. The normalized spacial score (nSPS) is 14.1. The van der Waals surface area contributed by atoms with Gasteiger partial charge >= 0.3 is 6.09 Å². The van der Waals surface area contributed by atoms with Gasteiger partial charge in [-0.05, 0) is 42.4 Å². The monoisotopic (exact) mass is 593 g/mol. The molecule has 0 saturated heterocycles. The summed E-state index contributed by atoms with van der Waals surface area (Å²) in [5.74, 6) is -0.290. The minimum atomic E-state index is -0.992. The summed E-state index contributed by atoms with van der Waals surface area (Å²) in [6, 6.07) is 26.0. The molecule has 0 unspecified atom stereocenters. The van der Waals surface area contributed by atoms with Crippen LogP contribution < -0.4 is 10.6 Å². The summed E-state index contributed by atoms with van der Waals surface area (Å²) in [6.45, 7) is 2.10. The zero-order valence-electron chi connectivity index (χ0n) is 24.9. The maximum Gasteiger partial charge on any atom is 0.408 e. The van der Waals surface area contributed by atoms with Crippen molar-refractivity contribution in [3.63, 3.8) is 0 Å². The van der Waals surface area contributed by atoms with Crippen LogP contribution in [0.3, 0.4) is 0 Å². The molecule has 1 fully saturated rings. The number of aryl methyl sites for hydroxylation is 1. The lowest BCUT2D eigenvalue weighted by molar-refractivity contribution is -0.138. The topological polar surface area (TPSA) is 116 Å². The standard InChI is InChI=1S/C35H39N5O4/c1-25-15-17-26(18-16-25)21-40(22-32(41)39-33(29-13-8-14-29)28-11-6-3-7-12-28)34(42)31(19-30-20-36-24-37-30)38-35(43)44-23-27-9-4-2-5-10-27/h2-7,9-12,15-18,20,24,29,31,33H,8,13-14,19,21-23H2,1H3,(H,36,37)(H,38,43)(H,39,41)/t31-,33+/m0/s1. The second kappa shape index (κ2) is 15.0. The Kier molecular flexibility index (Phi) is 10.4. The van der Waals surface area contributed by atoms with Crippen molar-refractivity contribution in [3.8, 4) is 0 Å². The number of nitrogens with one attached hydrogen (secondary N) is 3. The quantitative estimate of drug-likeness (QED) is 0.196. The summed E-state index contributed by atoms with van der Waals surface area (Å²) < 4.78 is 5.44. The van der Waals surface area contributed by atoms with Crippen LogP contribution in [0.25, 0.3) is 0 Å². The van der Waals surface area contributed by atoms with Gasteiger partial charge in [-0.3, -0.25) is 9.59 Å². The van der Waals surface area contributed by atoms with Crippen molar-refractivity contribution in [3.05, 3.63) is 125 Å². The van der Waals surface area contributed by atoms with Crippen LogP contribution in [-0.2, 0) is 33.9 Å². The lowest BCUT2D eigenvalue weighted by atomic mass is 9.77. The Hall–Kier alpha value is -4.92. The molecule has 1 aromatic heterocycles. The first-order valence-electron chi connectivity index (χ1n) is 15.1. The molecule has 228 valence electrons. The van der Waals surface area contributed by atoms with Crippen molar-refractivity contribution >= 4 is 17.9 Å². The van der Waals surface area contributed by atoms with Gasteiger partial charge in [0, 0.05) is 24.9 Å². The molecule has 3 aromatic carbocycles. The smallest absolute Gasteiger partial charge is 0.408 e. The van der Waals surface area contributed by atoms with Crippen LogP contribution in [0, 0.1) is 12.8 Å². The van der Waals surface area contributed by atoms with Gasteiger partial charge in [0.1, 0.15) is 12.6 Å². The number of ether oxygens (including phenoxy) is 1. The summed E-state index contributed by atoms with van der Waals surface area (Å²) in [6.07, 6.45) is 5.80. The van der Waals surface area contributed by atoms with Gasteiger partial charge in [0.15, 0.2) is 0 Å². The van der Waals surface area contributed by atoms with Gasteiger partial charge in [0.2, 0.25) is 11.8 Å². The van der Waals surface area contributed by atoms with Gasteiger partial charge in [-0.2, -0.15) is 0 Å². The van der Waals surface area contributed by atoms with Crippen LogP contribution in [0.15, 0.2) is 97.5 Å². The largest absolute Gasteiger partial charge is 0.445 e. The first kappa shape index (κ1) is 30.5. The molecule has 0 aliphatic heterocycles. The van der Waals surface area contributed by atoms with Gasteiger partial charge in [-0.15, -0.1) is 0 Å². The molecule has 0 bridgehead atoms. The first-order valence-corrected chi connectivity index (χ1v) is 15.1. The van der Waals surface area contributed by atoms with Gasteiger partial charge in [0.05, 0.1) is 18.9 Å². The number of hydrogen-bond donors (Lipinski definition) is 3. The summed E-state index contributed by atoms with van der Waals surface area (Å²) in [4.78, 5) is 49.3. The Morgan fingerprint density at radius 3 is 2.27 bits per heavy atom.